The van der Waals surface area contributed by atoms with Gasteiger partial charge >= 0.3 is 5.88 Å². The van der Waals surface area contributed by atoms with Gasteiger partial charge in [0.15, 0.2) is 5.76 Å². The fourth-order valence-electron chi connectivity index (χ4n) is 1.90. The molecule has 8 nitrogen and oxygen atoms in total. The number of aromatic amines is 1. The molecule has 0 unspecified atom stereocenters. The highest BCUT2D eigenvalue weighted by Gasteiger charge is 2.17. The largest absolute Gasteiger partial charge is 0.433 e. The molecule has 0 atom stereocenters. The second-order valence-corrected chi connectivity index (χ2v) is 4.52. The van der Waals surface area contributed by atoms with Gasteiger partial charge in [-0.25, -0.2) is 0 Å². The first kappa shape index (κ1) is 14.5. The van der Waals surface area contributed by atoms with Gasteiger partial charge in [0.05, 0.1) is 6.07 Å². The second kappa shape index (κ2) is 5.61. The van der Waals surface area contributed by atoms with Crippen LogP contribution in [0.15, 0.2) is 27.4 Å². The first-order chi connectivity index (χ1) is 9.88. The Morgan fingerprint density at radius 3 is 2.71 bits per heavy atom. The topological polar surface area (TPSA) is 118 Å². The van der Waals surface area contributed by atoms with E-state index in [1.54, 1.807) is 19.9 Å². The van der Waals surface area contributed by atoms with Crippen molar-refractivity contribution in [2.45, 2.75) is 20.4 Å². The third-order valence-corrected chi connectivity index (χ3v) is 2.92. The van der Waals surface area contributed by atoms with E-state index in [1.165, 1.54) is 6.07 Å². The Balaban J connectivity index is 2.11. The number of amides is 1. The maximum absolute atomic E-state index is 11.8. The van der Waals surface area contributed by atoms with Crippen LogP contribution in [0, 0.1) is 24.0 Å². The van der Waals surface area contributed by atoms with Gasteiger partial charge in [0.25, 0.3) is 11.5 Å². The minimum absolute atomic E-state index is 0.00871. The summed E-state index contributed by atoms with van der Waals surface area (Å²) in [6, 6.07) is 4.10. The number of nitrogens with one attached hydrogen (secondary N) is 2. The van der Waals surface area contributed by atoms with Crippen molar-refractivity contribution in [3.8, 4) is 0 Å². The van der Waals surface area contributed by atoms with Crippen LogP contribution in [0.1, 0.15) is 27.4 Å². The van der Waals surface area contributed by atoms with Crippen LogP contribution in [-0.2, 0) is 6.54 Å². The monoisotopic (exact) mass is 291 g/mol. The lowest BCUT2D eigenvalue weighted by Crippen LogP contribution is -2.27. The lowest BCUT2D eigenvalue weighted by atomic mass is 10.1. The fourth-order valence-corrected chi connectivity index (χ4v) is 1.90. The summed E-state index contributed by atoms with van der Waals surface area (Å²) in [6.45, 7) is 3.54. The normalized spacial score (nSPS) is 10.4. The van der Waals surface area contributed by atoms with E-state index >= 15 is 0 Å². The van der Waals surface area contributed by atoms with Gasteiger partial charge in [0, 0.05) is 17.8 Å². The van der Waals surface area contributed by atoms with Crippen molar-refractivity contribution in [1.29, 1.82) is 0 Å². The van der Waals surface area contributed by atoms with E-state index in [4.69, 9.17) is 4.42 Å². The summed E-state index contributed by atoms with van der Waals surface area (Å²) in [6.07, 6.45) is 0. The number of nitrogens with zero attached hydrogens (tertiary/aromatic N) is 1. The zero-order valence-electron chi connectivity index (χ0n) is 11.4. The SMILES string of the molecule is Cc1cc(C)c(CNC(=O)c2ccc([N+](=O)[O-])o2)c(=O)[nH]1. The number of hydrogen-bond acceptors (Lipinski definition) is 5. The zero-order chi connectivity index (χ0) is 15.6. The second-order valence-electron chi connectivity index (χ2n) is 4.52. The Hall–Kier alpha value is -2.90. The average molecular weight is 291 g/mol. The molecule has 0 aromatic carbocycles. The third kappa shape index (κ3) is 3.16. The fraction of sp³-hybridized carbons (Fsp3) is 0.231. The van der Waals surface area contributed by atoms with Crippen molar-refractivity contribution >= 4 is 11.8 Å². The van der Waals surface area contributed by atoms with E-state index in [1.807, 2.05) is 0 Å². The number of aromatic nitrogens is 1. The van der Waals surface area contributed by atoms with Gasteiger partial charge in [-0.05, 0) is 31.5 Å². The van der Waals surface area contributed by atoms with Crippen molar-refractivity contribution in [3.05, 3.63) is 61.2 Å². The molecule has 1 amide bonds. The van der Waals surface area contributed by atoms with Gasteiger partial charge < -0.3 is 14.7 Å². The molecule has 0 bridgehead atoms. The van der Waals surface area contributed by atoms with Crippen molar-refractivity contribution < 1.29 is 14.1 Å². The molecule has 0 aliphatic rings. The molecule has 2 N–H and O–H groups in total. The van der Waals surface area contributed by atoms with Gasteiger partial charge in [-0.1, -0.05) is 0 Å². The molecule has 0 spiro atoms. The summed E-state index contributed by atoms with van der Waals surface area (Å²) in [5.74, 6) is -1.31. The number of aryl methyl sites for hydroxylation is 2. The molecule has 2 aromatic heterocycles. The predicted molar refractivity (Wildman–Crippen MR) is 73.1 cm³/mol. The summed E-state index contributed by atoms with van der Waals surface area (Å²) < 4.78 is 4.78. The van der Waals surface area contributed by atoms with E-state index in [0.29, 0.717) is 5.56 Å². The van der Waals surface area contributed by atoms with Crippen LogP contribution in [0.2, 0.25) is 0 Å². The molecule has 0 saturated carbocycles. The molecular weight excluding hydrogens is 278 g/mol. The third-order valence-electron chi connectivity index (χ3n) is 2.92. The van der Waals surface area contributed by atoms with Crippen LogP contribution in [0.4, 0.5) is 5.88 Å². The number of H-pyrrole nitrogens is 1. The van der Waals surface area contributed by atoms with Gasteiger partial charge in [0.1, 0.15) is 4.92 Å². The van der Waals surface area contributed by atoms with Crippen molar-refractivity contribution in [1.82, 2.24) is 10.3 Å². The van der Waals surface area contributed by atoms with Crippen LogP contribution < -0.4 is 10.9 Å². The molecule has 0 aliphatic carbocycles. The van der Waals surface area contributed by atoms with Crippen LogP contribution in [0.25, 0.3) is 0 Å². The molecule has 8 heteroatoms. The van der Waals surface area contributed by atoms with Gasteiger partial charge in [0.2, 0.25) is 0 Å². The van der Waals surface area contributed by atoms with E-state index in [9.17, 15) is 19.7 Å². The van der Waals surface area contributed by atoms with Crippen molar-refractivity contribution in [2.75, 3.05) is 0 Å². The highest BCUT2D eigenvalue weighted by Crippen LogP contribution is 2.15. The summed E-state index contributed by atoms with van der Waals surface area (Å²) in [7, 11) is 0. The number of pyridine rings is 1. The smallest absolute Gasteiger partial charge is 0.395 e. The molecule has 21 heavy (non-hydrogen) atoms. The number of carbonyl (C=O) groups excluding carboxylic acids is 1. The van der Waals surface area contributed by atoms with Gasteiger partial charge in [-0.15, -0.1) is 0 Å². The van der Waals surface area contributed by atoms with Crippen LogP contribution >= 0.6 is 0 Å². The van der Waals surface area contributed by atoms with Crippen molar-refractivity contribution in [2.24, 2.45) is 0 Å². The Morgan fingerprint density at radius 2 is 2.14 bits per heavy atom. The predicted octanol–water partition coefficient (Wildman–Crippen LogP) is 1.42. The van der Waals surface area contributed by atoms with Crippen LogP contribution in [0.3, 0.4) is 0 Å². The summed E-state index contributed by atoms with van der Waals surface area (Å²) >= 11 is 0. The van der Waals surface area contributed by atoms with E-state index in [-0.39, 0.29) is 17.9 Å². The lowest BCUT2D eigenvalue weighted by Gasteiger charge is -2.06. The average Bonchev–Trinajstić information content (AvgIpc) is 2.86. The number of hydrogen-bond donors (Lipinski definition) is 2. The molecule has 0 saturated heterocycles. The zero-order valence-corrected chi connectivity index (χ0v) is 11.4. The molecule has 2 heterocycles. The maximum Gasteiger partial charge on any atom is 0.433 e. The lowest BCUT2D eigenvalue weighted by molar-refractivity contribution is -0.402. The number of furan rings is 1. The number of carbonyl (C=O) groups is 1. The van der Waals surface area contributed by atoms with E-state index < -0.39 is 16.7 Å². The molecule has 0 aliphatic heterocycles. The van der Waals surface area contributed by atoms with Gasteiger partial charge in [-0.3, -0.25) is 19.7 Å². The molecule has 0 fully saturated rings. The Labute approximate surface area is 118 Å². The Kier molecular flexibility index (Phi) is 3.88. The first-order valence-corrected chi connectivity index (χ1v) is 6.10. The maximum atomic E-state index is 11.8. The number of rotatable bonds is 4. The minimum atomic E-state index is -0.731. The summed E-state index contributed by atoms with van der Waals surface area (Å²) in [4.78, 5) is 36.0. The van der Waals surface area contributed by atoms with Gasteiger partial charge in [-0.2, -0.15) is 0 Å². The Morgan fingerprint density at radius 1 is 1.43 bits per heavy atom. The van der Waals surface area contributed by atoms with Crippen LogP contribution in [-0.4, -0.2) is 15.8 Å². The highest BCUT2D eigenvalue weighted by atomic mass is 16.6. The minimum Gasteiger partial charge on any atom is -0.395 e. The summed E-state index contributed by atoms with van der Waals surface area (Å²) in [5.41, 5.74) is 1.63. The molecule has 110 valence electrons. The highest BCUT2D eigenvalue weighted by molar-refractivity contribution is 5.91. The van der Waals surface area contributed by atoms with E-state index in [0.717, 1.165) is 17.3 Å². The quantitative estimate of drug-likeness (QED) is 0.652. The van der Waals surface area contributed by atoms with Crippen LogP contribution in [0.5, 0.6) is 0 Å². The molecular formula is C13H13N3O5. The summed E-state index contributed by atoms with van der Waals surface area (Å²) in [5, 5.41) is 13.0. The van der Waals surface area contributed by atoms with Crippen molar-refractivity contribution in [3.63, 3.8) is 0 Å². The Bertz CT molecular complexity index is 759. The molecule has 2 rings (SSSR count). The number of nitro groups is 1. The first-order valence-electron chi connectivity index (χ1n) is 6.10. The molecule has 2 aromatic rings. The molecule has 0 radical (unpaired) electrons. The van der Waals surface area contributed by atoms with E-state index in [2.05, 4.69) is 10.3 Å². The standard InChI is InChI=1S/C13H13N3O5/c1-7-5-8(2)15-12(17)9(7)6-14-13(18)10-3-4-11(21-10)16(19)20/h3-5H,6H2,1-2H3,(H,14,18)(H,15,17).